The third kappa shape index (κ3) is 3.70. The van der Waals surface area contributed by atoms with E-state index in [-0.39, 0.29) is 0 Å². The average Bonchev–Trinajstić information content (AvgIpc) is 3.03. The van der Waals surface area contributed by atoms with Gasteiger partial charge < -0.3 is 10.2 Å². The number of aryl methyl sites for hydroxylation is 1. The molecule has 6 heteroatoms. The highest BCUT2D eigenvalue weighted by atomic mass is 32.1. The fourth-order valence-electron chi connectivity index (χ4n) is 3.03. The molecule has 0 unspecified atom stereocenters. The maximum Gasteiger partial charge on any atom is 0.151 e. The highest BCUT2D eigenvalue weighted by Crippen LogP contribution is 2.24. The summed E-state index contributed by atoms with van der Waals surface area (Å²) >= 11 is 1.83. The Morgan fingerprint density at radius 2 is 1.96 bits per heavy atom. The Morgan fingerprint density at radius 3 is 2.64 bits per heavy atom. The molecule has 5 nitrogen and oxygen atoms in total. The zero-order chi connectivity index (χ0) is 17.1. The highest BCUT2D eigenvalue weighted by molar-refractivity contribution is 7.10. The van der Waals surface area contributed by atoms with Gasteiger partial charge in [-0.05, 0) is 48.2 Å². The number of rotatable bonds is 6. The molecule has 0 amide bonds. The van der Waals surface area contributed by atoms with Crippen LogP contribution in [0.2, 0.25) is 0 Å². The lowest BCUT2D eigenvalue weighted by Gasteiger charge is -2.40. The van der Waals surface area contributed by atoms with Crippen LogP contribution >= 0.6 is 11.3 Å². The maximum absolute atomic E-state index is 4.38. The van der Waals surface area contributed by atoms with E-state index in [1.54, 1.807) is 12.4 Å². The molecule has 4 rings (SSSR count). The van der Waals surface area contributed by atoms with Crippen LogP contribution in [0.4, 0.5) is 5.82 Å². The van der Waals surface area contributed by atoms with Crippen LogP contribution in [0, 0.1) is 12.8 Å². The molecule has 0 radical (unpaired) electrons. The minimum absolute atomic E-state index is 0.682. The SMILES string of the molecule is Cc1ccsc1CNCC1CN(c2ccc(-c3ccncc3)nn2)C1. The van der Waals surface area contributed by atoms with Gasteiger partial charge in [0.15, 0.2) is 5.82 Å². The molecule has 1 saturated heterocycles. The number of thiophene rings is 1. The van der Waals surface area contributed by atoms with Gasteiger partial charge in [0.25, 0.3) is 0 Å². The van der Waals surface area contributed by atoms with Crippen LogP contribution in [0.5, 0.6) is 0 Å². The van der Waals surface area contributed by atoms with Crippen LogP contribution in [0.25, 0.3) is 11.3 Å². The number of anilines is 1. The standard InChI is InChI=1S/C19H21N5S/c1-14-6-9-25-18(14)11-21-10-15-12-24(13-15)19-3-2-17(22-23-19)16-4-7-20-8-5-16/h2-9,15,21H,10-13H2,1H3. The number of hydrogen-bond acceptors (Lipinski definition) is 6. The fourth-order valence-corrected chi connectivity index (χ4v) is 3.91. The summed E-state index contributed by atoms with van der Waals surface area (Å²) in [4.78, 5) is 7.75. The van der Waals surface area contributed by atoms with Crippen LogP contribution in [0.3, 0.4) is 0 Å². The number of pyridine rings is 1. The predicted molar refractivity (Wildman–Crippen MR) is 102 cm³/mol. The van der Waals surface area contributed by atoms with Gasteiger partial charge >= 0.3 is 0 Å². The summed E-state index contributed by atoms with van der Waals surface area (Å²) in [6, 6.07) is 10.2. The Balaban J connectivity index is 1.25. The molecule has 128 valence electrons. The quantitative estimate of drug-likeness (QED) is 0.739. The second-order valence-corrected chi connectivity index (χ2v) is 7.44. The molecule has 0 aromatic carbocycles. The van der Waals surface area contributed by atoms with Crippen LogP contribution in [-0.4, -0.2) is 34.8 Å². The van der Waals surface area contributed by atoms with E-state index in [0.717, 1.165) is 43.3 Å². The van der Waals surface area contributed by atoms with Gasteiger partial charge in [0, 0.05) is 54.9 Å². The second-order valence-electron chi connectivity index (χ2n) is 6.44. The number of nitrogens with zero attached hydrogens (tertiary/aromatic N) is 4. The Bertz CT molecular complexity index is 809. The van der Waals surface area contributed by atoms with Crippen LogP contribution in [0.15, 0.2) is 48.1 Å². The van der Waals surface area contributed by atoms with E-state index in [2.05, 4.69) is 49.8 Å². The first kappa shape index (κ1) is 16.2. The molecule has 4 heterocycles. The van der Waals surface area contributed by atoms with Gasteiger partial charge in [-0.25, -0.2) is 0 Å². The van der Waals surface area contributed by atoms with Gasteiger partial charge in [-0.2, -0.15) is 0 Å². The van der Waals surface area contributed by atoms with E-state index in [1.807, 2.05) is 29.5 Å². The number of nitrogens with one attached hydrogen (secondary N) is 1. The zero-order valence-corrected chi connectivity index (χ0v) is 15.0. The monoisotopic (exact) mass is 351 g/mol. The van der Waals surface area contributed by atoms with E-state index in [9.17, 15) is 0 Å². The van der Waals surface area contributed by atoms with Crippen molar-refractivity contribution in [1.29, 1.82) is 0 Å². The molecule has 1 fully saturated rings. The van der Waals surface area contributed by atoms with E-state index < -0.39 is 0 Å². The molecule has 0 aliphatic carbocycles. The second kappa shape index (κ2) is 7.29. The molecule has 0 saturated carbocycles. The summed E-state index contributed by atoms with van der Waals surface area (Å²) < 4.78 is 0. The van der Waals surface area contributed by atoms with Crippen molar-refractivity contribution in [1.82, 2.24) is 20.5 Å². The first-order chi connectivity index (χ1) is 12.3. The molecule has 0 spiro atoms. The van der Waals surface area contributed by atoms with Crippen LogP contribution in [-0.2, 0) is 6.54 Å². The Labute approximate surface area is 151 Å². The molecule has 1 aliphatic heterocycles. The molecule has 0 atom stereocenters. The topological polar surface area (TPSA) is 53.9 Å². The molecule has 25 heavy (non-hydrogen) atoms. The minimum atomic E-state index is 0.682. The van der Waals surface area contributed by atoms with Gasteiger partial charge in [-0.3, -0.25) is 4.98 Å². The number of aromatic nitrogens is 3. The van der Waals surface area contributed by atoms with Crippen molar-refractivity contribution < 1.29 is 0 Å². The Morgan fingerprint density at radius 1 is 1.12 bits per heavy atom. The molecule has 3 aromatic rings. The zero-order valence-electron chi connectivity index (χ0n) is 14.2. The summed E-state index contributed by atoms with van der Waals surface area (Å²) in [5.41, 5.74) is 3.32. The van der Waals surface area contributed by atoms with Crippen molar-refractivity contribution in [3.8, 4) is 11.3 Å². The van der Waals surface area contributed by atoms with Gasteiger partial charge in [0.2, 0.25) is 0 Å². The van der Waals surface area contributed by atoms with Crippen molar-refractivity contribution in [3.05, 3.63) is 58.5 Å². The van der Waals surface area contributed by atoms with E-state index >= 15 is 0 Å². The molecule has 3 aromatic heterocycles. The van der Waals surface area contributed by atoms with Crippen molar-refractivity contribution in [2.45, 2.75) is 13.5 Å². The normalized spacial score (nSPS) is 14.5. The van der Waals surface area contributed by atoms with Crippen molar-refractivity contribution in [3.63, 3.8) is 0 Å². The molecule has 1 aliphatic rings. The lowest BCUT2D eigenvalue weighted by molar-refractivity contribution is 0.382. The Kier molecular flexibility index (Phi) is 4.72. The largest absolute Gasteiger partial charge is 0.354 e. The van der Waals surface area contributed by atoms with Crippen molar-refractivity contribution >= 4 is 17.2 Å². The van der Waals surface area contributed by atoms with Crippen LogP contribution in [0.1, 0.15) is 10.4 Å². The van der Waals surface area contributed by atoms with Gasteiger partial charge in [0.1, 0.15) is 0 Å². The van der Waals surface area contributed by atoms with Gasteiger partial charge in [-0.1, -0.05) is 0 Å². The smallest absolute Gasteiger partial charge is 0.151 e. The lowest BCUT2D eigenvalue weighted by Crippen LogP contribution is -2.51. The number of hydrogen-bond donors (Lipinski definition) is 1. The van der Waals surface area contributed by atoms with E-state index in [1.165, 1.54) is 10.4 Å². The fraction of sp³-hybridized carbons (Fsp3) is 0.316. The third-order valence-corrected chi connectivity index (χ3v) is 5.62. The summed E-state index contributed by atoms with van der Waals surface area (Å²) in [7, 11) is 0. The van der Waals surface area contributed by atoms with E-state index in [4.69, 9.17) is 0 Å². The predicted octanol–water partition coefficient (Wildman–Crippen LogP) is 3.13. The summed E-state index contributed by atoms with van der Waals surface area (Å²) in [5, 5.41) is 14.5. The van der Waals surface area contributed by atoms with Gasteiger partial charge in [-0.15, -0.1) is 21.5 Å². The highest BCUT2D eigenvalue weighted by Gasteiger charge is 2.27. The molecular formula is C19H21N5S. The minimum Gasteiger partial charge on any atom is -0.354 e. The van der Waals surface area contributed by atoms with E-state index in [0.29, 0.717) is 5.92 Å². The summed E-state index contributed by atoms with van der Waals surface area (Å²) in [6.45, 7) is 6.28. The van der Waals surface area contributed by atoms with Crippen molar-refractivity contribution in [2.24, 2.45) is 5.92 Å². The summed E-state index contributed by atoms with van der Waals surface area (Å²) in [5.74, 6) is 1.64. The average molecular weight is 351 g/mol. The van der Waals surface area contributed by atoms with Gasteiger partial charge in [0.05, 0.1) is 5.69 Å². The lowest BCUT2D eigenvalue weighted by atomic mass is 10.00. The molecular weight excluding hydrogens is 330 g/mol. The first-order valence-electron chi connectivity index (χ1n) is 8.52. The van der Waals surface area contributed by atoms with Crippen molar-refractivity contribution in [2.75, 3.05) is 24.5 Å². The third-order valence-electron chi connectivity index (χ3n) is 4.59. The first-order valence-corrected chi connectivity index (χ1v) is 9.40. The molecule has 0 bridgehead atoms. The van der Waals surface area contributed by atoms with Crippen LogP contribution < -0.4 is 10.2 Å². The molecule has 1 N–H and O–H groups in total. The maximum atomic E-state index is 4.38. The summed E-state index contributed by atoms with van der Waals surface area (Å²) in [6.07, 6.45) is 3.55. The Hall–Kier alpha value is -2.31.